The van der Waals surface area contributed by atoms with E-state index in [2.05, 4.69) is 5.32 Å². The quantitative estimate of drug-likeness (QED) is 0.478. The Balaban J connectivity index is 2.20. The highest BCUT2D eigenvalue weighted by atomic mass is 28.4. The zero-order chi connectivity index (χ0) is 9.35. The highest BCUT2D eigenvalue weighted by Gasteiger charge is 2.34. The summed E-state index contributed by atoms with van der Waals surface area (Å²) in [7, 11) is -2.12. The Morgan fingerprint density at radius 3 is 2.58 bits per heavy atom. The SMILES string of the molecule is C[C@H]1CN1C(=O)NC[Si](C)(C)O. The summed E-state index contributed by atoms with van der Waals surface area (Å²) in [6, 6.07) is 0.339. The largest absolute Gasteiger partial charge is 0.430 e. The molecule has 0 aromatic rings. The van der Waals surface area contributed by atoms with Crippen molar-refractivity contribution in [3.63, 3.8) is 0 Å². The van der Waals surface area contributed by atoms with Gasteiger partial charge in [0.2, 0.25) is 8.32 Å². The van der Waals surface area contributed by atoms with E-state index in [9.17, 15) is 9.59 Å². The molecule has 0 radical (unpaired) electrons. The first-order chi connectivity index (χ1) is 5.40. The van der Waals surface area contributed by atoms with Crippen molar-refractivity contribution >= 4 is 14.3 Å². The lowest BCUT2D eigenvalue weighted by molar-refractivity contribution is 0.228. The predicted molar refractivity (Wildman–Crippen MR) is 49.3 cm³/mol. The highest BCUT2D eigenvalue weighted by Crippen LogP contribution is 2.15. The van der Waals surface area contributed by atoms with Crippen LogP contribution in [0.2, 0.25) is 13.1 Å². The molecule has 1 aliphatic rings. The predicted octanol–water partition coefficient (Wildman–Crippen LogP) is 0.137. The first kappa shape index (κ1) is 9.53. The van der Waals surface area contributed by atoms with E-state index >= 15 is 0 Å². The molecule has 0 spiro atoms. The third-order valence-electron chi connectivity index (χ3n) is 1.79. The monoisotopic (exact) mass is 188 g/mol. The number of carbonyl (C=O) groups is 1. The van der Waals surface area contributed by atoms with Crippen LogP contribution in [0.3, 0.4) is 0 Å². The molecule has 1 saturated heterocycles. The summed E-state index contributed by atoms with van der Waals surface area (Å²) in [5.74, 6) is 0. The van der Waals surface area contributed by atoms with Crippen molar-refractivity contribution in [2.75, 3.05) is 12.7 Å². The second-order valence-corrected chi connectivity index (χ2v) is 7.95. The third kappa shape index (κ3) is 2.82. The Kier molecular flexibility index (Phi) is 2.43. The van der Waals surface area contributed by atoms with Crippen molar-refractivity contribution in [3.05, 3.63) is 0 Å². The fraction of sp³-hybridized carbons (Fsp3) is 0.857. The van der Waals surface area contributed by atoms with Gasteiger partial charge in [0, 0.05) is 18.8 Å². The molecule has 0 saturated carbocycles. The van der Waals surface area contributed by atoms with Crippen LogP contribution in [0, 0.1) is 0 Å². The molecule has 0 aliphatic carbocycles. The minimum atomic E-state index is -2.12. The average Bonchev–Trinajstić information content (AvgIpc) is 2.60. The van der Waals surface area contributed by atoms with E-state index < -0.39 is 8.32 Å². The number of rotatable bonds is 2. The molecule has 0 unspecified atom stereocenters. The summed E-state index contributed by atoms with van der Waals surface area (Å²) in [4.78, 5) is 22.4. The van der Waals surface area contributed by atoms with E-state index in [0.717, 1.165) is 6.54 Å². The van der Waals surface area contributed by atoms with E-state index in [1.54, 1.807) is 18.0 Å². The Hall–Kier alpha value is -0.553. The molecule has 1 atom stereocenters. The normalized spacial score (nSPS) is 22.3. The number of amides is 2. The van der Waals surface area contributed by atoms with Crippen LogP contribution in [-0.4, -0.2) is 42.8 Å². The lowest BCUT2D eigenvalue weighted by Crippen LogP contribution is -2.44. The van der Waals surface area contributed by atoms with Crippen LogP contribution in [0.25, 0.3) is 0 Å². The fourth-order valence-electron chi connectivity index (χ4n) is 0.914. The van der Waals surface area contributed by atoms with Gasteiger partial charge in [0.1, 0.15) is 0 Å². The molecule has 5 heteroatoms. The zero-order valence-electron chi connectivity index (χ0n) is 7.79. The van der Waals surface area contributed by atoms with Gasteiger partial charge in [0.15, 0.2) is 0 Å². The lowest BCUT2D eigenvalue weighted by atomic mass is 10.6. The number of hydrogen-bond donors (Lipinski definition) is 2. The van der Waals surface area contributed by atoms with Gasteiger partial charge in [-0.3, -0.25) is 0 Å². The van der Waals surface area contributed by atoms with Gasteiger partial charge in [0.05, 0.1) is 0 Å². The van der Waals surface area contributed by atoms with E-state index in [-0.39, 0.29) is 6.03 Å². The summed E-state index contributed by atoms with van der Waals surface area (Å²) < 4.78 is 0. The fourth-order valence-corrected chi connectivity index (χ4v) is 1.50. The molecule has 0 aromatic heterocycles. The van der Waals surface area contributed by atoms with Gasteiger partial charge in [-0.05, 0) is 20.0 Å². The molecule has 0 bridgehead atoms. The first-order valence-corrected chi connectivity index (χ1v) is 7.32. The van der Waals surface area contributed by atoms with Gasteiger partial charge in [0.25, 0.3) is 0 Å². The molecular formula is C7H16N2O2Si. The van der Waals surface area contributed by atoms with Gasteiger partial charge in [-0.25, -0.2) is 4.79 Å². The summed E-state index contributed by atoms with van der Waals surface area (Å²) in [6.07, 6.45) is 0.440. The van der Waals surface area contributed by atoms with Crippen molar-refractivity contribution in [2.24, 2.45) is 0 Å². The van der Waals surface area contributed by atoms with Crippen molar-refractivity contribution < 1.29 is 9.59 Å². The number of hydrogen-bond acceptors (Lipinski definition) is 2. The second kappa shape index (κ2) is 3.06. The average molecular weight is 188 g/mol. The van der Waals surface area contributed by atoms with Crippen LogP contribution in [0.1, 0.15) is 6.92 Å². The molecule has 4 nitrogen and oxygen atoms in total. The Bertz CT molecular complexity index is 190. The first-order valence-electron chi connectivity index (χ1n) is 4.17. The maximum atomic E-state index is 11.2. The van der Waals surface area contributed by atoms with Crippen LogP contribution < -0.4 is 5.32 Å². The molecule has 70 valence electrons. The second-order valence-electron chi connectivity index (χ2n) is 3.97. The van der Waals surface area contributed by atoms with Gasteiger partial charge < -0.3 is 15.0 Å². The van der Waals surface area contributed by atoms with E-state index in [0.29, 0.717) is 12.2 Å². The van der Waals surface area contributed by atoms with Gasteiger partial charge in [-0.2, -0.15) is 0 Å². The van der Waals surface area contributed by atoms with Crippen LogP contribution in [-0.2, 0) is 0 Å². The molecule has 2 amide bonds. The van der Waals surface area contributed by atoms with E-state index in [1.165, 1.54) is 0 Å². The Morgan fingerprint density at radius 1 is 1.75 bits per heavy atom. The van der Waals surface area contributed by atoms with Crippen molar-refractivity contribution in [2.45, 2.75) is 26.1 Å². The number of nitrogens with zero attached hydrogens (tertiary/aromatic N) is 1. The molecule has 1 fully saturated rings. The summed E-state index contributed by atoms with van der Waals surface area (Å²) >= 11 is 0. The lowest BCUT2D eigenvalue weighted by Gasteiger charge is -2.14. The van der Waals surface area contributed by atoms with Crippen LogP contribution in [0.4, 0.5) is 4.79 Å². The summed E-state index contributed by atoms with van der Waals surface area (Å²) in [5.41, 5.74) is 0. The molecule has 2 N–H and O–H groups in total. The van der Waals surface area contributed by atoms with E-state index in [4.69, 9.17) is 0 Å². The summed E-state index contributed by atoms with van der Waals surface area (Å²) in [5, 5.41) is 2.71. The minimum Gasteiger partial charge on any atom is -0.430 e. The van der Waals surface area contributed by atoms with Gasteiger partial charge in [-0.1, -0.05) is 0 Å². The Morgan fingerprint density at radius 2 is 2.25 bits per heavy atom. The van der Waals surface area contributed by atoms with Crippen molar-refractivity contribution in [1.82, 2.24) is 10.2 Å². The number of carbonyl (C=O) groups excluding carboxylic acids is 1. The molecule has 0 aromatic carbocycles. The highest BCUT2D eigenvalue weighted by molar-refractivity contribution is 6.70. The van der Waals surface area contributed by atoms with E-state index in [1.807, 2.05) is 6.92 Å². The minimum absolute atomic E-state index is 0.0443. The van der Waals surface area contributed by atoms with Gasteiger partial charge in [-0.15, -0.1) is 0 Å². The molecule has 1 heterocycles. The smallest absolute Gasteiger partial charge is 0.317 e. The zero-order valence-corrected chi connectivity index (χ0v) is 8.79. The standard InChI is InChI=1S/C7H16N2O2Si/c1-6-4-9(6)7(10)8-5-12(2,3)11/h6,11H,4-5H2,1-3H3,(H,8,10)/t6-,9?/m0/s1. The number of nitrogens with one attached hydrogen (secondary N) is 1. The topological polar surface area (TPSA) is 52.3 Å². The van der Waals surface area contributed by atoms with Crippen molar-refractivity contribution in [1.29, 1.82) is 0 Å². The maximum absolute atomic E-state index is 11.2. The van der Waals surface area contributed by atoms with Crippen molar-refractivity contribution in [3.8, 4) is 0 Å². The van der Waals surface area contributed by atoms with Crippen LogP contribution in [0.5, 0.6) is 0 Å². The molecular weight excluding hydrogens is 172 g/mol. The number of urea groups is 1. The van der Waals surface area contributed by atoms with Gasteiger partial charge >= 0.3 is 6.03 Å². The van der Waals surface area contributed by atoms with Crippen LogP contribution in [0.15, 0.2) is 0 Å². The summed E-state index contributed by atoms with van der Waals surface area (Å²) in [6.45, 7) is 6.46. The molecule has 1 aliphatic heterocycles. The third-order valence-corrected chi connectivity index (χ3v) is 2.83. The molecule has 1 rings (SSSR count). The van der Waals surface area contributed by atoms with Crippen LogP contribution >= 0.6 is 0 Å². The molecule has 12 heavy (non-hydrogen) atoms. The Labute approximate surface area is 73.7 Å². The maximum Gasteiger partial charge on any atom is 0.317 e.